The minimum Gasteiger partial charge on any atom is -0.361 e. The molecule has 0 radical (unpaired) electrons. The predicted molar refractivity (Wildman–Crippen MR) is 84.2 cm³/mol. The number of fused-ring (bicyclic) bond motifs is 1. The van der Waals surface area contributed by atoms with Crippen LogP contribution >= 0.6 is 0 Å². The number of aryl methyl sites for hydroxylation is 1. The minimum atomic E-state index is 0.178. The summed E-state index contributed by atoms with van der Waals surface area (Å²) in [4.78, 5) is 13.2. The molecule has 0 saturated carbocycles. The maximum Gasteiger partial charge on any atom is 0.143 e. The zero-order valence-electron chi connectivity index (χ0n) is 12.7. The molecular weight excluding hydrogens is 236 g/mol. The van der Waals surface area contributed by atoms with E-state index in [1.54, 1.807) is 14.0 Å². The molecule has 0 bridgehead atoms. The van der Waals surface area contributed by atoms with Crippen molar-refractivity contribution < 1.29 is 4.79 Å². The number of carbonyl (C=O) groups excluding carboxylic acids is 1. The average Bonchev–Trinajstić information content (AvgIpc) is 2.63. The van der Waals surface area contributed by atoms with Gasteiger partial charge in [-0.2, -0.15) is 0 Å². The zero-order valence-corrected chi connectivity index (χ0v) is 12.7. The third kappa shape index (κ3) is 6.77. The van der Waals surface area contributed by atoms with Gasteiger partial charge in [-0.15, -0.1) is 0 Å². The summed E-state index contributed by atoms with van der Waals surface area (Å²) in [6.45, 7) is 8.16. The van der Waals surface area contributed by atoms with Gasteiger partial charge in [0.15, 0.2) is 0 Å². The molecule has 1 heterocycles. The first-order valence-electron chi connectivity index (χ1n) is 6.80. The molecule has 3 nitrogen and oxygen atoms in total. The van der Waals surface area contributed by atoms with Crippen LogP contribution in [0.4, 0.5) is 0 Å². The Hall–Kier alpha value is -1.61. The number of nitrogens with one attached hydrogen (secondary N) is 2. The second kappa shape index (κ2) is 10.3. The molecule has 0 aliphatic heterocycles. The van der Waals surface area contributed by atoms with Crippen molar-refractivity contribution in [1.82, 2.24) is 10.3 Å². The van der Waals surface area contributed by atoms with Crippen molar-refractivity contribution in [3.05, 3.63) is 35.2 Å². The maximum atomic E-state index is 9.98. The van der Waals surface area contributed by atoms with Gasteiger partial charge >= 0.3 is 0 Å². The second-order valence-corrected chi connectivity index (χ2v) is 4.07. The molecule has 0 atom stereocenters. The standard InChI is InChI=1S/C10H11N.C4H9NO.C2H6/c1-8-7-11-10-6-4-2-3-5-9(8)10;1-4(6)3-5-2;1-2/h3-7,11H,2H2,1H3;5H,3H2,1-2H3;1-2H3. The second-order valence-electron chi connectivity index (χ2n) is 4.07. The molecule has 0 unspecified atom stereocenters. The minimum absolute atomic E-state index is 0.178. The Balaban J connectivity index is 0.000000350. The van der Waals surface area contributed by atoms with Gasteiger partial charge in [-0.1, -0.05) is 32.1 Å². The van der Waals surface area contributed by atoms with E-state index in [1.807, 2.05) is 20.0 Å². The van der Waals surface area contributed by atoms with E-state index < -0.39 is 0 Å². The van der Waals surface area contributed by atoms with Gasteiger partial charge in [-0.25, -0.2) is 0 Å². The van der Waals surface area contributed by atoms with Crippen LogP contribution in [0.25, 0.3) is 12.2 Å². The van der Waals surface area contributed by atoms with Crippen molar-refractivity contribution in [3.63, 3.8) is 0 Å². The number of hydrogen-bond donors (Lipinski definition) is 2. The third-order valence-electron chi connectivity index (χ3n) is 2.43. The van der Waals surface area contributed by atoms with Gasteiger partial charge in [-0.05, 0) is 39.0 Å². The Morgan fingerprint density at radius 1 is 1.32 bits per heavy atom. The highest BCUT2D eigenvalue weighted by Crippen LogP contribution is 2.19. The monoisotopic (exact) mass is 262 g/mol. The number of Topliss-reactive ketones (excluding diaryl/α,β-unsaturated/α-hetero) is 1. The van der Waals surface area contributed by atoms with Crippen LogP contribution in [-0.4, -0.2) is 24.4 Å². The number of aromatic nitrogens is 1. The summed E-state index contributed by atoms with van der Waals surface area (Å²) < 4.78 is 0. The summed E-state index contributed by atoms with van der Waals surface area (Å²) in [5.74, 6) is 0.178. The van der Waals surface area contributed by atoms with E-state index in [1.165, 1.54) is 16.8 Å². The maximum absolute atomic E-state index is 9.98. The van der Waals surface area contributed by atoms with Crippen molar-refractivity contribution in [2.75, 3.05) is 13.6 Å². The first kappa shape index (κ1) is 17.4. The SMILES string of the molecule is CC.CNCC(C)=O.Cc1c[nH]c2c1C=CCC=C2. The molecule has 1 aromatic rings. The molecule has 0 saturated heterocycles. The Morgan fingerprint density at radius 3 is 2.47 bits per heavy atom. The van der Waals surface area contributed by atoms with Crippen LogP contribution in [0.1, 0.15) is 44.0 Å². The number of rotatable bonds is 2. The Bertz CT molecular complexity index is 428. The number of allylic oxidation sites excluding steroid dienone is 2. The fourth-order valence-corrected chi connectivity index (χ4v) is 1.61. The van der Waals surface area contributed by atoms with Crippen LogP contribution in [0.3, 0.4) is 0 Å². The van der Waals surface area contributed by atoms with Gasteiger partial charge in [0.25, 0.3) is 0 Å². The summed E-state index contributed by atoms with van der Waals surface area (Å²) in [6.07, 6.45) is 11.8. The van der Waals surface area contributed by atoms with Gasteiger partial charge in [0.1, 0.15) is 5.78 Å². The molecule has 106 valence electrons. The molecule has 3 heteroatoms. The van der Waals surface area contributed by atoms with E-state index in [2.05, 4.69) is 41.5 Å². The fraction of sp³-hybridized carbons (Fsp3) is 0.438. The van der Waals surface area contributed by atoms with Gasteiger partial charge in [0, 0.05) is 17.5 Å². The Kier molecular flexibility index (Phi) is 9.45. The van der Waals surface area contributed by atoms with Crippen LogP contribution in [-0.2, 0) is 4.79 Å². The van der Waals surface area contributed by atoms with Crippen LogP contribution in [0, 0.1) is 6.92 Å². The first-order valence-corrected chi connectivity index (χ1v) is 6.80. The van der Waals surface area contributed by atoms with E-state index in [0.717, 1.165) is 6.42 Å². The summed E-state index contributed by atoms with van der Waals surface area (Å²) in [7, 11) is 1.75. The fourth-order valence-electron chi connectivity index (χ4n) is 1.61. The Morgan fingerprint density at radius 2 is 1.95 bits per heavy atom. The lowest BCUT2D eigenvalue weighted by molar-refractivity contribution is -0.116. The molecule has 2 N–H and O–H groups in total. The number of hydrogen-bond acceptors (Lipinski definition) is 2. The third-order valence-corrected chi connectivity index (χ3v) is 2.43. The molecule has 0 spiro atoms. The average molecular weight is 262 g/mol. The molecule has 0 fully saturated rings. The summed E-state index contributed by atoms with van der Waals surface area (Å²) in [5, 5.41) is 2.72. The number of ketones is 1. The van der Waals surface area contributed by atoms with E-state index >= 15 is 0 Å². The lowest BCUT2D eigenvalue weighted by Gasteiger charge is -1.90. The quantitative estimate of drug-likeness (QED) is 0.855. The van der Waals surface area contributed by atoms with Gasteiger partial charge in [-0.3, -0.25) is 4.79 Å². The molecule has 2 rings (SSSR count). The van der Waals surface area contributed by atoms with E-state index in [4.69, 9.17) is 0 Å². The summed E-state index contributed by atoms with van der Waals surface area (Å²) in [5.41, 5.74) is 3.89. The van der Waals surface area contributed by atoms with Crippen molar-refractivity contribution in [3.8, 4) is 0 Å². The molecule has 0 amide bonds. The van der Waals surface area contributed by atoms with E-state index in [-0.39, 0.29) is 5.78 Å². The first-order chi connectivity index (χ1) is 9.15. The van der Waals surface area contributed by atoms with Gasteiger partial charge in [0.2, 0.25) is 0 Å². The number of aromatic amines is 1. The van der Waals surface area contributed by atoms with Crippen molar-refractivity contribution in [2.24, 2.45) is 0 Å². The number of H-pyrrole nitrogens is 1. The summed E-state index contributed by atoms with van der Waals surface area (Å²) in [6, 6.07) is 0. The lowest BCUT2D eigenvalue weighted by atomic mass is 10.1. The highest BCUT2D eigenvalue weighted by molar-refractivity contribution is 5.77. The molecule has 19 heavy (non-hydrogen) atoms. The Labute approximate surface area is 116 Å². The highest BCUT2D eigenvalue weighted by Gasteiger charge is 2.02. The van der Waals surface area contributed by atoms with E-state index in [9.17, 15) is 4.79 Å². The highest BCUT2D eigenvalue weighted by atomic mass is 16.1. The zero-order chi connectivity index (χ0) is 14.7. The van der Waals surface area contributed by atoms with E-state index in [0.29, 0.717) is 6.54 Å². The predicted octanol–water partition coefficient (Wildman–Crippen LogP) is 3.57. The van der Waals surface area contributed by atoms with Crippen molar-refractivity contribution >= 4 is 17.9 Å². The van der Waals surface area contributed by atoms with Crippen LogP contribution in [0.15, 0.2) is 18.3 Å². The summed E-state index contributed by atoms with van der Waals surface area (Å²) >= 11 is 0. The topological polar surface area (TPSA) is 44.9 Å². The van der Waals surface area contributed by atoms with Crippen LogP contribution in [0.5, 0.6) is 0 Å². The van der Waals surface area contributed by atoms with Crippen LogP contribution in [0.2, 0.25) is 0 Å². The molecule has 1 aliphatic carbocycles. The lowest BCUT2D eigenvalue weighted by Crippen LogP contribution is -2.14. The number of likely N-dealkylation sites (N-methyl/N-ethyl adjacent to an activating group) is 1. The molecule has 1 aromatic heterocycles. The molecule has 1 aliphatic rings. The smallest absolute Gasteiger partial charge is 0.143 e. The van der Waals surface area contributed by atoms with Crippen molar-refractivity contribution in [2.45, 2.75) is 34.1 Å². The molecule has 0 aromatic carbocycles. The van der Waals surface area contributed by atoms with Crippen LogP contribution < -0.4 is 5.32 Å². The largest absolute Gasteiger partial charge is 0.361 e. The van der Waals surface area contributed by atoms with Crippen molar-refractivity contribution in [1.29, 1.82) is 0 Å². The number of carbonyl (C=O) groups is 1. The normalized spacial score (nSPS) is 11.4. The van der Waals surface area contributed by atoms with Gasteiger partial charge < -0.3 is 10.3 Å². The van der Waals surface area contributed by atoms with Gasteiger partial charge in [0.05, 0.1) is 6.54 Å². The molecular formula is C16H26N2O.